The second kappa shape index (κ2) is 5.12. The number of hydrogen-bond acceptors (Lipinski definition) is 3. The summed E-state index contributed by atoms with van der Waals surface area (Å²) in [6.45, 7) is 0. The van der Waals surface area contributed by atoms with Crippen molar-refractivity contribution in [2.24, 2.45) is 0 Å². The first-order valence-electron chi connectivity index (χ1n) is 5.22. The number of nitrogens with zero attached hydrogens (tertiary/aromatic N) is 1. The zero-order chi connectivity index (χ0) is 9.80. The van der Waals surface area contributed by atoms with Crippen molar-refractivity contribution in [3.63, 3.8) is 0 Å². The predicted octanol–water partition coefficient (Wildman–Crippen LogP) is 4.04. The van der Waals surface area contributed by atoms with Crippen LogP contribution in [0, 0.1) is 0 Å². The number of rotatable bonds is 2. The molecule has 1 aromatic rings. The van der Waals surface area contributed by atoms with Crippen LogP contribution < -0.4 is 5.32 Å². The van der Waals surface area contributed by atoms with Gasteiger partial charge in [0.25, 0.3) is 0 Å². The summed E-state index contributed by atoms with van der Waals surface area (Å²) in [4.78, 5) is 4.30. The Morgan fingerprint density at radius 2 is 2.00 bits per heavy atom. The number of nitrogens with one attached hydrogen (secondary N) is 1. The summed E-state index contributed by atoms with van der Waals surface area (Å²) in [5, 5.41) is 4.58. The van der Waals surface area contributed by atoms with Crippen molar-refractivity contribution in [3.05, 3.63) is 9.98 Å². The molecule has 1 aromatic heterocycles. The first kappa shape index (κ1) is 10.4. The Balaban J connectivity index is 1.89. The van der Waals surface area contributed by atoms with Gasteiger partial charge in [0.1, 0.15) is 0 Å². The molecule has 0 amide bonds. The number of halogens is 1. The monoisotopic (exact) mass is 274 g/mol. The van der Waals surface area contributed by atoms with Gasteiger partial charge in [-0.05, 0) is 28.8 Å². The molecule has 0 spiro atoms. The van der Waals surface area contributed by atoms with E-state index < -0.39 is 0 Å². The van der Waals surface area contributed by atoms with Gasteiger partial charge in [0.2, 0.25) is 0 Å². The average molecular weight is 275 g/mol. The van der Waals surface area contributed by atoms with Crippen molar-refractivity contribution in [1.82, 2.24) is 4.98 Å². The van der Waals surface area contributed by atoms with Crippen molar-refractivity contribution >= 4 is 32.4 Å². The molecule has 14 heavy (non-hydrogen) atoms. The van der Waals surface area contributed by atoms with Gasteiger partial charge in [0.05, 0.1) is 9.98 Å². The number of thiazole rings is 1. The van der Waals surface area contributed by atoms with Crippen LogP contribution >= 0.6 is 27.3 Å². The Morgan fingerprint density at radius 3 is 2.57 bits per heavy atom. The number of anilines is 1. The van der Waals surface area contributed by atoms with E-state index in [2.05, 4.69) is 26.2 Å². The van der Waals surface area contributed by atoms with Crippen molar-refractivity contribution in [3.8, 4) is 0 Å². The Morgan fingerprint density at radius 1 is 1.29 bits per heavy atom. The van der Waals surface area contributed by atoms with Crippen LogP contribution in [0.25, 0.3) is 0 Å². The van der Waals surface area contributed by atoms with Crippen LogP contribution in [0.1, 0.15) is 38.5 Å². The molecule has 1 heterocycles. The Kier molecular flexibility index (Phi) is 3.81. The predicted molar refractivity (Wildman–Crippen MR) is 64.9 cm³/mol. The molecule has 0 unspecified atom stereocenters. The molecule has 1 saturated carbocycles. The lowest BCUT2D eigenvalue weighted by Gasteiger charge is -2.14. The molecule has 1 aliphatic carbocycles. The summed E-state index contributed by atoms with van der Waals surface area (Å²) in [5.41, 5.74) is 0. The highest BCUT2D eigenvalue weighted by Crippen LogP contribution is 2.26. The smallest absolute Gasteiger partial charge is 0.183 e. The topological polar surface area (TPSA) is 24.9 Å². The third-order valence-corrected chi connectivity index (χ3v) is 4.07. The summed E-state index contributed by atoms with van der Waals surface area (Å²) in [7, 11) is 0. The van der Waals surface area contributed by atoms with Gasteiger partial charge in [-0.2, -0.15) is 0 Å². The van der Waals surface area contributed by atoms with Gasteiger partial charge in [-0.15, -0.1) is 0 Å². The van der Waals surface area contributed by atoms with E-state index >= 15 is 0 Å². The highest BCUT2D eigenvalue weighted by atomic mass is 79.9. The first-order valence-corrected chi connectivity index (χ1v) is 6.83. The van der Waals surface area contributed by atoms with Crippen molar-refractivity contribution in [2.75, 3.05) is 5.32 Å². The van der Waals surface area contributed by atoms with Gasteiger partial charge in [-0.1, -0.05) is 37.0 Å². The molecule has 1 aliphatic rings. The molecule has 2 rings (SSSR count). The molecule has 0 aromatic carbocycles. The molecule has 0 radical (unpaired) electrons. The fourth-order valence-corrected chi connectivity index (χ4v) is 3.10. The largest absolute Gasteiger partial charge is 0.359 e. The minimum atomic E-state index is 0.649. The second-order valence-electron chi connectivity index (χ2n) is 3.80. The molecular weight excluding hydrogens is 260 g/mol. The van der Waals surface area contributed by atoms with Crippen molar-refractivity contribution < 1.29 is 0 Å². The van der Waals surface area contributed by atoms with Crippen molar-refractivity contribution in [1.29, 1.82) is 0 Å². The Hall–Kier alpha value is -0.0900. The molecule has 1 fully saturated rings. The standard InChI is InChI=1S/C10H15BrN2S/c11-9-7-12-10(14-9)13-8-5-3-1-2-4-6-8/h7-8H,1-6H2,(H,12,13). The Labute approximate surface area is 97.3 Å². The molecule has 0 aliphatic heterocycles. The van der Waals surface area contributed by atoms with Gasteiger partial charge in [0, 0.05) is 6.04 Å². The maximum atomic E-state index is 4.30. The van der Waals surface area contributed by atoms with Crippen LogP contribution in [0.5, 0.6) is 0 Å². The molecule has 78 valence electrons. The van der Waals surface area contributed by atoms with Crippen LogP contribution in [-0.4, -0.2) is 11.0 Å². The number of aromatic nitrogens is 1. The first-order chi connectivity index (χ1) is 6.84. The van der Waals surface area contributed by atoms with Gasteiger partial charge in [0.15, 0.2) is 5.13 Å². The lowest BCUT2D eigenvalue weighted by Crippen LogP contribution is -2.17. The quantitative estimate of drug-likeness (QED) is 0.824. The van der Waals surface area contributed by atoms with Crippen LogP contribution in [-0.2, 0) is 0 Å². The molecule has 1 N–H and O–H groups in total. The maximum Gasteiger partial charge on any atom is 0.183 e. The van der Waals surface area contributed by atoms with Crippen LogP contribution in [0.4, 0.5) is 5.13 Å². The summed E-state index contributed by atoms with van der Waals surface area (Å²) in [5.74, 6) is 0. The summed E-state index contributed by atoms with van der Waals surface area (Å²) >= 11 is 5.11. The Bertz CT molecular complexity index is 279. The van der Waals surface area contributed by atoms with E-state index in [-0.39, 0.29) is 0 Å². The molecular formula is C10H15BrN2S. The number of hydrogen-bond donors (Lipinski definition) is 1. The van der Waals surface area contributed by atoms with E-state index in [0.717, 1.165) is 8.92 Å². The van der Waals surface area contributed by atoms with Gasteiger partial charge < -0.3 is 5.32 Å². The molecule has 0 atom stereocenters. The lowest BCUT2D eigenvalue weighted by molar-refractivity contribution is 0.619. The fourth-order valence-electron chi connectivity index (χ4n) is 1.92. The fraction of sp³-hybridized carbons (Fsp3) is 0.700. The highest BCUT2D eigenvalue weighted by Gasteiger charge is 2.12. The molecule has 4 heteroatoms. The SMILES string of the molecule is Brc1cnc(NC2CCCCCC2)s1. The highest BCUT2D eigenvalue weighted by molar-refractivity contribution is 9.11. The van der Waals surface area contributed by atoms with E-state index in [1.165, 1.54) is 38.5 Å². The third kappa shape index (κ3) is 2.95. The third-order valence-electron chi connectivity index (χ3n) is 2.66. The zero-order valence-electron chi connectivity index (χ0n) is 8.13. The van der Waals surface area contributed by atoms with Crippen LogP contribution in [0.15, 0.2) is 9.98 Å². The minimum absolute atomic E-state index is 0.649. The van der Waals surface area contributed by atoms with Gasteiger partial charge in [-0.3, -0.25) is 0 Å². The van der Waals surface area contributed by atoms with Gasteiger partial charge >= 0.3 is 0 Å². The van der Waals surface area contributed by atoms with E-state index in [9.17, 15) is 0 Å². The zero-order valence-corrected chi connectivity index (χ0v) is 10.5. The lowest BCUT2D eigenvalue weighted by atomic mass is 10.1. The normalized spacial score (nSPS) is 19.2. The minimum Gasteiger partial charge on any atom is -0.359 e. The molecule has 0 saturated heterocycles. The summed E-state index contributed by atoms with van der Waals surface area (Å²) < 4.78 is 1.11. The second-order valence-corrected chi connectivity index (χ2v) is 6.21. The summed E-state index contributed by atoms with van der Waals surface area (Å²) in [6, 6.07) is 0.649. The van der Waals surface area contributed by atoms with Crippen LogP contribution in [0.3, 0.4) is 0 Å². The molecule has 0 bridgehead atoms. The molecule has 2 nitrogen and oxygen atoms in total. The van der Waals surface area contributed by atoms with E-state index in [4.69, 9.17) is 0 Å². The van der Waals surface area contributed by atoms with E-state index in [1.54, 1.807) is 11.3 Å². The summed E-state index contributed by atoms with van der Waals surface area (Å²) in [6.07, 6.45) is 10.0. The maximum absolute atomic E-state index is 4.30. The van der Waals surface area contributed by atoms with E-state index in [1.807, 2.05) is 6.20 Å². The van der Waals surface area contributed by atoms with E-state index in [0.29, 0.717) is 6.04 Å². The van der Waals surface area contributed by atoms with Crippen LogP contribution in [0.2, 0.25) is 0 Å². The van der Waals surface area contributed by atoms with Crippen molar-refractivity contribution in [2.45, 2.75) is 44.6 Å². The average Bonchev–Trinajstić information content (AvgIpc) is 2.43. The van der Waals surface area contributed by atoms with Gasteiger partial charge in [-0.25, -0.2) is 4.98 Å².